The average Bonchev–Trinajstić information content (AvgIpc) is 3.13. The third-order valence-corrected chi connectivity index (χ3v) is 10.6. The van der Waals surface area contributed by atoms with Gasteiger partial charge in [0, 0.05) is 17.1 Å². The summed E-state index contributed by atoms with van der Waals surface area (Å²) in [6.07, 6.45) is 0. The highest BCUT2D eigenvalue weighted by atomic mass is 15.2. The van der Waals surface area contributed by atoms with Crippen molar-refractivity contribution in [2.45, 2.75) is 69.2 Å². The topological polar surface area (TPSA) is 9.72 Å². The third kappa shape index (κ3) is 7.53. The van der Waals surface area contributed by atoms with Crippen molar-refractivity contribution in [2.75, 3.05) is 14.7 Å². The minimum atomic E-state index is 1.08. The fraction of sp³-hybridized carbons (Fsp3) is 0.192. The van der Waals surface area contributed by atoms with Gasteiger partial charge >= 0.3 is 0 Å². The molecule has 7 rings (SSSR count). The van der Waals surface area contributed by atoms with Crippen LogP contribution in [0.2, 0.25) is 0 Å². The normalized spacial score (nSPS) is 11.1. The number of para-hydroxylation sites is 2. The van der Waals surface area contributed by atoms with Gasteiger partial charge in [-0.15, -0.1) is 0 Å². The summed E-state index contributed by atoms with van der Waals surface area (Å²) in [4.78, 5) is 7.38. The van der Waals surface area contributed by atoms with Crippen LogP contribution >= 0.6 is 0 Å². The highest BCUT2D eigenvalue weighted by Gasteiger charge is 2.26. The molecule has 276 valence electrons. The Labute approximate surface area is 329 Å². The summed E-state index contributed by atoms with van der Waals surface area (Å²) in [5.74, 6) is 0. The minimum absolute atomic E-state index is 1.08. The second kappa shape index (κ2) is 15.4. The lowest BCUT2D eigenvalue weighted by Crippen LogP contribution is -2.19. The van der Waals surface area contributed by atoms with Crippen LogP contribution in [0.5, 0.6) is 0 Å². The van der Waals surface area contributed by atoms with Crippen molar-refractivity contribution >= 4 is 51.2 Å². The van der Waals surface area contributed by atoms with E-state index in [1.165, 1.54) is 72.7 Å². The van der Waals surface area contributed by atoms with Crippen molar-refractivity contribution in [1.29, 1.82) is 0 Å². The van der Waals surface area contributed by atoms with E-state index in [9.17, 15) is 0 Å². The zero-order valence-corrected chi connectivity index (χ0v) is 34.1. The molecular weight excluding hydrogens is 667 g/mol. The summed E-state index contributed by atoms with van der Waals surface area (Å²) >= 11 is 0. The van der Waals surface area contributed by atoms with Crippen molar-refractivity contribution in [3.63, 3.8) is 0 Å². The molecule has 0 aliphatic rings. The molecule has 0 spiro atoms. The van der Waals surface area contributed by atoms with Gasteiger partial charge in [-0.25, -0.2) is 0 Å². The number of hydrogen-bond donors (Lipinski definition) is 0. The van der Waals surface area contributed by atoms with Gasteiger partial charge < -0.3 is 14.7 Å². The molecule has 0 N–H and O–H groups in total. The average molecular weight is 720 g/mol. The molecular formula is C52H53N3. The first-order valence-corrected chi connectivity index (χ1v) is 19.4. The second-order valence-corrected chi connectivity index (χ2v) is 15.5. The molecule has 0 unspecified atom stereocenters. The van der Waals surface area contributed by atoms with E-state index in [4.69, 9.17) is 0 Å². The summed E-state index contributed by atoms with van der Waals surface area (Å²) < 4.78 is 0. The van der Waals surface area contributed by atoms with Crippen LogP contribution in [0.25, 0.3) is 0 Å². The van der Waals surface area contributed by atoms with Crippen LogP contribution in [0.1, 0.15) is 55.6 Å². The number of hydrogen-bond acceptors (Lipinski definition) is 3. The van der Waals surface area contributed by atoms with Crippen LogP contribution in [0.4, 0.5) is 51.2 Å². The molecule has 7 aromatic rings. The third-order valence-electron chi connectivity index (χ3n) is 10.6. The monoisotopic (exact) mass is 719 g/mol. The van der Waals surface area contributed by atoms with Crippen LogP contribution < -0.4 is 14.7 Å². The van der Waals surface area contributed by atoms with Crippen LogP contribution in [0.15, 0.2) is 140 Å². The van der Waals surface area contributed by atoms with E-state index in [1.54, 1.807) is 0 Å². The Morgan fingerprint density at radius 1 is 0.236 bits per heavy atom. The fourth-order valence-electron chi connectivity index (χ4n) is 8.61. The first kappa shape index (κ1) is 37.3. The van der Waals surface area contributed by atoms with Gasteiger partial charge in [0.15, 0.2) is 0 Å². The van der Waals surface area contributed by atoms with E-state index in [0.29, 0.717) is 0 Å². The Bertz CT molecular complexity index is 2290. The summed E-state index contributed by atoms with van der Waals surface area (Å²) in [5.41, 5.74) is 22.6. The summed E-state index contributed by atoms with van der Waals surface area (Å²) in [5, 5.41) is 0. The summed E-state index contributed by atoms with van der Waals surface area (Å²) in [6.45, 7) is 22.2. The van der Waals surface area contributed by atoms with Gasteiger partial charge in [-0.2, -0.15) is 0 Å². The zero-order chi connectivity index (χ0) is 39.0. The van der Waals surface area contributed by atoms with Gasteiger partial charge in [0.2, 0.25) is 0 Å². The van der Waals surface area contributed by atoms with Crippen molar-refractivity contribution in [2.24, 2.45) is 0 Å². The highest BCUT2D eigenvalue weighted by Crippen LogP contribution is 2.49. The lowest BCUT2D eigenvalue weighted by atomic mass is 10.00. The first-order chi connectivity index (χ1) is 26.4. The van der Waals surface area contributed by atoms with Gasteiger partial charge in [0.25, 0.3) is 0 Å². The van der Waals surface area contributed by atoms with Crippen LogP contribution in [0.3, 0.4) is 0 Å². The molecule has 0 aliphatic heterocycles. The van der Waals surface area contributed by atoms with Crippen LogP contribution in [-0.2, 0) is 0 Å². The Kier molecular flexibility index (Phi) is 10.4. The maximum absolute atomic E-state index is 2.46. The molecule has 0 fully saturated rings. The Morgan fingerprint density at radius 3 is 0.764 bits per heavy atom. The van der Waals surface area contributed by atoms with Gasteiger partial charge in [-0.3, -0.25) is 0 Å². The SMILES string of the molecule is Cc1ccc(N(c2cc(N(c3ccccc3)c3c(C)cc(C)cc3C)cc(N(c3ccccc3)c3c(C)cc(C)cc3C)c2)c2c(C)cc(C)cc2C)cc1. The van der Waals surface area contributed by atoms with Crippen molar-refractivity contribution in [3.05, 3.63) is 195 Å². The molecule has 3 nitrogen and oxygen atoms in total. The van der Waals surface area contributed by atoms with Gasteiger partial charge in [0.1, 0.15) is 0 Å². The van der Waals surface area contributed by atoms with Crippen molar-refractivity contribution in [3.8, 4) is 0 Å². The Hall–Kier alpha value is -6.06. The largest absolute Gasteiger partial charge is 0.310 e. The Balaban J connectivity index is 1.63. The molecule has 0 saturated carbocycles. The standard InChI is InChI=1S/C52H53N3/c1-34-21-23-46(24-22-34)55(52-42(9)29-37(4)30-43(52)10)49-32-47(53(44-17-13-11-14-18-44)50-38(5)25-35(2)26-39(50)6)31-48(33-49)54(45-19-15-12-16-20-45)51-40(7)27-36(3)28-41(51)8/h11-33H,1-10H3. The smallest absolute Gasteiger partial charge is 0.0520 e. The molecule has 0 aliphatic carbocycles. The first-order valence-electron chi connectivity index (χ1n) is 19.4. The second-order valence-electron chi connectivity index (χ2n) is 15.5. The van der Waals surface area contributed by atoms with Crippen LogP contribution in [-0.4, -0.2) is 0 Å². The number of rotatable bonds is 9. The molecule has 3 heteroatoms. The van der Waals surface area contributed by atoms with Crippen molar-refractivity contribution in [1.82, 2.24) is 0 Å². The number of anilines is 9. The molecule has 0 aromatic heterocycles. The van der Waals surface area contributed by atoms with E-state index in [2.05, 4.69) is 223 Å². The molecule has 0 bridgehead atoms. The van der Waals surface area contributed by atoms with Gasteiger partial charge in [-0.05, 0) is 157 Å². The molecule has 0 radical (unpaired) electrons. The molecule has 0 atom stereocenters. The van der Waals surface area contributed by atoms with Crippen molar-refractivity contribution < 1.29 is 0 Å². The van der Waals surface area contributed by atoms with E-state index in [-0.39, 0.29) is 0 Å². The number of aryl methyl sites for hydroxylation is 10. The molecule has 0 heterocycles. The summed E-state index contributed by atoms with van der Waals surface area (Å²) in [6, 6.07) is 51.5. The van der Waals surface area contributed by atoms with E-state index >= 15 is 0 Å². The lowest BCUT2D eigenvalue weighted by Gasteiger charge is -2.35. The van der Waals surface area contributed by atoms with E-state index < -0.39 is 0 Å². The van der Waals surface area contributed by atoms with Gasteiger partial charge in [0.05, 0.1) is 34.1 Å². The lowest BCUT2D eigenvalue weighted by molar-refractivity contribution is 1.16. The quantitative estimate of drug-likeness (QED) is 0.147. The van der Waals surface area contributed by atoms with Crippen LogP contribution in [0, 0.1) is 69.2 Å². The molecule has 0 amide bonds. The minimum Gasteiger partial charge on any atom is -0.310 e. The highest BCUT2D eigenvalue weighted by molar-refractivity contribution is 5.92. The van der Waals surface area contributed by atoms with Gasteiger partial charge in [-0.1, -0.05) is 107 Å². The molecule has 55 heavy (non-hydrogen) atoms. The van der Waals surface area contributed by atoms with E-state index in [1.807, 2.05) is 0 Å². The summed E-state index contributed by atoms with van der Waals surface area (Å²) in [7, 11) is 0. The fourth-order valence-corrected chi connectivity index (χ4v) is 8.61. The number of benzene rings is 7. The molecule has 7 aromatic carbocycles. The number of nitrogens with zero attached hydrogens (tertiary/aromatic N) is 3. The zero-order valence-electron chi connectivity index (χ0n) is 34.1. The maximum atomic E-state index is 2.46. The van der Waals surface area contributed by atoms with E-state index in [0.717, 1.165) is 34.1 Å². The predicted molar refractivity (Wildman–Crippen MR) is 238 cm³/mol. The Morgan fingerprint density at radius 2 is 0.491 bits per heavy atom. The maximum Gasteiger partial charge on any atom is 0.0520 e. The molecule has 0 saturated heterocycles. The predicted octanol–water partition coefficient (Wildman–Crippen LogP) is 15.2.